The van der Waals surface area contributed by atoms with Gasteiger partial charge in [-0.3, -0.25) is 14.4 Å². The topological polar surface area (TPSA) is 92.2 Å². The van der Waals surface area contributed by atoms with E-state index in [1.807, 2.05) is 31.2 Å². The number of quaternary nitrogens is 1. The number of likely N-dealkylation sites (tertiary alicyclic amines) is 2. The minimum absolute atomic E-state index is 0.121. The predicted molar refractivity (Wildman–Crippen MR) is 148 cm³/mol. The third-order valence-electron chi connectivity index (χ3n) is 9.81. The van der Waals surface area contributed by atoms with E-state index in [9.17, 15) is 14.4 Å². The minimum atomic E-state index is -1.13. The highest BCUT2D eigenvalue weighted by atomic mass is 35.5. The molecule has 8 nitrogen and oxygen atoms in total. The molecule has 1 saturated carbocycles. The number of fused-ring (bicyclic) bond motifs is 1. The number of likely N-dealkylation sites (N-methyl/N-ethyl adjacent to an activating group) is 1. The summed E-state index contributed by atoms with van der Waals surface area (Å²) in [7, 11) is 0. The molecule has 0 radical (unpaired) electrons. The summed E-state index contributed by atoms with van der Waals surface area (Å²) in [6, 6.07) is 5.01. The molecule has 7 atom stereocenters. The summed E-state index contributed by atoms with van der Waals surface area (Å²) in [6.45, 7) is 6.66. The highest BCUT2D eigenvalue weighted by Crippen LogP contribution is 2.55. The molecule has 5 aliphatic rings. The molecule has 7 unspecified atom stereocenters. The lowest BCUT2D eigenvalue weighted by Gasteiger charge is -2.35. The molecule has 6 rings (SSSR count). The maximum atomic E-state index is 14.2. The number of carbonyl (C=O) groups excluding carboxylic acids is 3. The van der Waals surface area contributed by atoms with E-state index in [0.717, 1.165) is 57.2 Å². The van der Waals surface area contributed by atoms with Crippen LogP contribution >= 0.6 is 11.6 Å². The van der Waals surface area contributed by atoms with Crippen molar-refractivity contribution < 1.29 is 24.0 Å². The van der Waals surface area contributed by atoms with Gasteiger partial charge in [-0.05, 0) is 44.4 Å². The highest BCUT2D eigenvalue weighted by molar-refractivity contribution is 6.31. The third-order valence-corrected chi connectivity index (χ3v) is 10.2. The number of anilines is 1. The summed E-state index contributed by atoms with van der Waals surface area (Å²) >= 11 is 6.29. The first-order valence-corrected chi connectivity index (χ1v) is 15.1. The molecule has 3 N–H and O–H groups in total. The van der Waals surface area contributed by atoms with E-state index in [1.54, 1.807) is 11.0 Å². The average Bonchev–Trinajstić information content (AvgIpc) is 3.68. The van der Waals surface area contributed by atoms with Crippen molar-refractivity contribution in [3.63, 3.8) is 0 Å². The van der Waals surface area contributed by atoms with E-state index < -0.39 is 29.6 Å². The molecule has 210 valence electrons. The quantitative estimate of drug-likeness (QED) is 0.450. The molecular weight excluding hydrogens is 516 g/mol. The Kier molecular flexibility index (Phi) is 7.23. The number of ether oxygens (including phenoxy) is 1. The number of rotatable bonds is 7. The van der Waals surface area contributed by atoms with Gasteiger partial charge >= 0.3 is 0 Å². The van der Waals surface area contributed by atoms with Gasteiger partial charge in [0.1, 0.15) is 17.7 Å². The highest BCUT2D eigenvalue weighted by Gasteiger charge is 2.73. The number of nitrogens with one attached hydrogen (secondary N) is 3. The largest absolute Gasteiger partial charge is 0.359 e. The monoisotopic (exact) mass is 555 g/mol. The zero-order valence-electron chi connectivity index (χ0n) is 22.9. The lowest BCUT2D eigenvalue weighted by atomic mass is 9.74. The number of hydrogen-bond acceptors (Lipinski definition) is 4. The van der Waals surface area contributed by atoms with Crippen molar-refractivity contribution in [2.75, 3.05) is 25.0 Å². The number of amides is 3. The number of hydrogen-bond donors (Lipinski definition) is 3. The van der Waals surface area contributed by atoms with Crippen molar-refractivity contribution in [1.29, 1.82) is 0 Å². The molecular formula is C30H40ClN4O4+. The van der Waals surface area contributed by atoms with Crippen LogP contribution in [0.25, 0.3) is 0 Å². The summed E-state index contributed by atoms with van der Waals surface area (Å²) in [5.41, 5.74) is 0.375. The molecule has 0 aromatic heterocycles. The van der Waals surface area contributed by atoms with Crippen LogP contribution < -0.4 is 15.5 Å². The Morgan fingerprint density at radius 2 is 1.95 bits per heavy atom. The van der Waals surface area contributed by atoms with Gasteiger partial charge in [0.15, 0.2) is 0 Å². The zero-order chi connectivity index (χ0) is 27.3. The molecule has 3 saturated heterocycles. The molecule has 1 aromatic carbocycles. The van der Waals surface area contributed by atoms with E-state index in [4.69, 9.17) is 16.3 Å². The number of halogens is 1. The van der Waals surface area contributed by atoms with E-state index >= 15 is 0 Å². The second-order valence-electron chi connectivity index (χ2n) is 12.1. The molecule has 4 heterocycles. The van der Waals surface area contributed by atoms with Crippen molar-refractivity contribution in [1.82, 2.24) is 10.2 Å². The van der Waals surface area contributed by atoms with Gasteiger partial charge in [0, 0.05) is 29.6 Å². The average molecular weight is 556 g/mol. The summed E-state index contributed by atoms with van der Waals surface area (Å²) in [5.74, 6) is -2.02. The smallest absolute Gasteiger partial charge is 0.246 e. The second-order valence-corrected chi connectivity index (χ2v) is 12.5. The van der Waals surface area contributed by atoms with Gasteiger partial charge < -0.3 is 25.2 Å². The van der Waals surface area contributed by atoms with Gasteiger partial charge in [0.2, 0.25) is 17.7 Å². The van der Waals surface area contributed by atoms with Gasteiger partial charge in [-0.25, -0.2) is 0 Å². The first-order chi connectivity index (χ1) is 18.8. The van der Waals surface area contributed by atoms with Crippen LogP contribution in [-0.4, -0.2) is 72.1 Å². The van der Waals surface area contributed by atoms with Crippen LogP contribution in [0.5, 0.6) is 0 Å². The maximum absolute atomic E-state index is 14.2. The van der Waals surface area contributed by atoms with Crippen molar-refractivity contribution >= 4 is 35.0 Å². The molecule has 4 fully saturated rings. The van der Waals surface area contributed by atoms with Gasteiger partial charge in [0.25, 0.3) is 0 Å². The van der Waals surface area contributed by atoms with Crippen LogP contribution in [0.3, 0.4) is 0 Å². The van der Waals surface area contributed by atoms with E-state index in [-0.39, 0.29) is 29.8 Å². The third kappa shape index (κ3) is 4.58. The van der Waals surface area contributed by atoms with Gasteiger partial charge in [-0.2, -0.15) is 0 Å². The van der Waals surface area contributed by atoms with Crippen LogP contribution in [0, 0.1) is 18.8 Å². The first kappa shape index (κ1) is 26.8. The van der Waals surface area contributed by atoms with Crippen molar-refractivity contribution in [2.24, 2.45) is 11.8 Å². The molecule has 1 aliphatic carbocycles. The SMILES string of the molecule is CC[NH+]1CCCC1CN1C(=O)C2C(C(=O)Nc3ccc(C)c(Cl)c3)C3C=CC2(O3)C1C(=O)NC1CCCCC1. The lowest BCUT2D eigenvalue weighted by Crippen LogP contribution is -3.14. The molecule has 3 amide bonds. The number of aryl methyl sites for hydroxylation is 1. The maximum Gasteiger partial charge on any atom is 0.246 e. The van der Waals surface area contributed by atoms with Crippen LogP contribution in [-0.2, 0) is 19.1 Å². The molecule has 9 heteroatoms. The molecule has 1 spiro atoms. The summed E-state index contributed by atoms with van der Waals surface area (Å²) in [6.07, 6.45) is 10.7. The first-order valence-electron chi connectivity index (χ1n) is 14.7. The Balaban J connectivity index is 1.30. The Bertz CT molecular complexity index is 1180. The van der Waals surface area contributed by atoms with E-state index in [0.29, 0.717) is 17.3 Å². The summed E-state index contributed by atoms with van der Waals surface area (Å²) in [4.78, 5) is 45.2. The van der Waals surface area contributed by atoms with Crippen LogP contribution in [0.4, 0.5) is 5.69 Å². The van der Waals surface area contributed by atoms with Crippen LogP contribution in [0.1, 0.15) is 57.4 Å². The summed E-state index contributed by atoms with van der Waals surface area (Å²) < 4.78 is 6.51. The Morgan fingerprint density at radius 1 is 1.15 bits per heavy atom. The molecule has 1 aromatic rings. The number of benzene rings is 1. The van der Waals surface area contributed by atoms with Crippen LogP contribution in [0.15, 0.2) is 30.4 Å². The van der Waals surface area contributed by atoms with Crippen molar-refractivity contribution in [3.8, 4) is 0 Å². The zero-order valence-corrected chi connectivity index (χ0v) is 23.6. The fourth-order valence-electron chi connectivity index (χ4n) is 7.79. The molecule has 2 bridgehead atoms. The summed E-state index contributed by atoms with van der Waals surface area (Å²) in [5, 5.41) is 6.81. The standard InChI is InChI=1S/C30H39ClN4O4/c1-3-34-15-7-10-21(34)17-35-26(28(37)32-19-8-5-4-6-9-19)30-14-13-23(39-30)24(25(30)29(35)38)27(36)33-20-12-11-18(2)22(31)16-20/h11-14,16,19,21,23-26H,3-10,15,17H2,1-2H3,(H,32,37)(H,33,36)/p+1. The van der Waals surface area contributed by atoms with E-state index in [1.165, 1.54) is 11.3 Å². The van der Waals surface area contributed by atoms with E-state index in [2.05, 4.69) is 17.6 Å². The molecule has 39 heavy (non-hydrogen) atoms. The predicted octanol–water partition coefficient (Wildman–Crippen LogP) is 2.25. The fourth-order valence-corrected chi connectivity index (χ4v) is 7.97. The number of carbonyl (C=O) groups is 3. The normalized spacial score (nSPS) is 35.5. The lowest BCUT2D eigenvalue weighted by molar-refractivity contribution is -0.909. The minimum Gasteiger partial charge on any atom is -0.359 e. The van der Waals surface area contributed by atoms with Gasteiger partial charge in [-0.1, -0.05) is 49.1 Å². The molecule has 4 aliphatic heterocycles. The van der Waals surface area contributed by atoms with Crippen LogP contribution in [0.2, 0.25) is 5.02 Å². The number of nitrogens with zero attached hydrogens (tertiary/aromatic N) is 1. The Morgan fingerprint density at radius 3 is 2.69 bits per heavy atom. The Labute approximate surface area is 235 Å². The fraction of sp³-hybridized carbons (Fsp3) is 0.633. The van der Waals surface area contributed by atoms with Gasteiger partial charge in [0.05, 0.1) is 37.6 Å². The van der Waals surface area contributed by atoms with Crippen molar-refractivity contribution in [3.05, 3.63) is 40.9 Å². The van der Waals surface area contributed by atoms with Gasteiger partial charge in [-0.15, -0.1) is 0 Å². The van der Waals surface area contributed by atoms with Crippen molar-refractivity contribution in [2.45, 2.75) is 88.6 Å². The second kappa shape index (κ2) is 10.5. The Hall–Kier alpha value is -2.42.